The van der Waals surface area contributed by atoms with Gasteiger partial charge in [-0.3, -0.25) is 9.69 Å². The number of nitrogens with zero attached hydrogens (tertiary/aromatic N) is 3. The fourth-order valence-electron chi connectivity index (χ4n) is 4.37. The van der Waals surface area contributed by atoms with Crippen LogP contribution in [0.3, 0.4) is 0 Å². The summed E-state index contributed by atoms with van der Waals surface area (Å²) in [6.45, 7) is 11.5. The number of nitriles is 1. The summed E-state index contributed by atoms with van der Waals surface area (Å²) in [4.78, 5) is 17.4. The van der Waals surface area contributed by atoms with Crippen LogP contribution in [0.5, 0.6) is 5.75 Å². The molecule has 2 unspecified atom stereocenters. The number of carbonyl (C=O) groups excluding carboxylic acids is 1. The van der Waals surface area contributed by atoms with Crippen molar-refractivity contribution >= 4 is 17.3 Å². The summed E-state index contributed by atoms with van der Waals surface area (Å²) in [6.07, 6.45) is -0.913. The molecular weight excluding hydrogens is 493 g/mol. The molecule has 0 bridgehead atoms. The van der Waals surface area contributed by atoms with Gasteiger partial charge in [0.1, 0.15) is 5.75 Å². The first kappa shape index (κ1) is 29.3. The fraction of sp³-hybridized carbons (Fsp3) is 0.517. The van der Waals surface area contributed by atoms with Gasteiger partial charge in [-0.15, -0.1) is 0 Å². The molecule has 1 saturated heterocycles. The van der Waals surface area contributed by atoms with Crippen molar-refractivity contribution in [2.75, 3.05) is 49.5 Å². The number of amides is 1. The number of nitrogens with one attached hydrogen (secondary N) is 1. The van der Waals surface area contributed by atoms with Crippen LogP contribution in [0.25, 0.3) is 0 Å². The van der Waals surface area contributed by atoms with Gasteiger partial charge < -0.3 is 15.0 Å². The lowest BCUT2D eigenvalue weighted by Gasteiger charge is -2.36. The Balaban J connectivity index is 1.45. The molecule has 1 aliphatic rings. The second-order valence-corrected chi connectivity index (χ2v) is 10.0. The third-order valence-electron chi connectivity index (χ3n) is 7.10. The third kappa shape index (κ3) is 8.38. The molecular formula is C29H37F3N4O2. The van der Waals surface area contributed by atoms with E-state index in [9.17, 15) is 18.0 Å². The molecule has 1 fully saturated rings. The van der Waals surface area contributed by atoms with E-state index in [2.05, 4.69) is 29.0 Å². The highest BCUT2D eigenvalue weighted by atomic mass is 19.4. The van der Waals surface area contributed by atoms with Gasteiger partial charge in [-0.05, 0) is 67.8 Å². The van der Waals surface area contributed by atoms with E-state index in [0.717, 1.165) is 56.5 Å². The van der Waals surface area contributed by atoms with E-state index in [1.807, 2.05) is 24.3 Å². The van der Waals surface area contributed by atoms with Gasteiger partial charge in [-0.2, -0.15) is 18.4 Å². The summed E-state index contributed by atoms with van der Waals surface area (Å²) in [5, 5.41) is 11.4. The molecule has 2 atom stereocenters. The first-order chi connectivity index (χ1) is 18.1. The molecule has 9 heteroatoms. The summed E-state index contributed by atoms with van der Waals surface area (Å²) >= 11 is 0. The second-order valence-electron chi connectivity index (χ2n) is 10.0. The Morgan fingerprint density at radius 3 is 2.39 bits per heavy atom. The largest absolute Gasteiger partial charge is 0.493 e. The predicted molar refractivity (Wildman–Crippen MR) is 143 cm³/mol. The van der Waals surface area contributed by atoms with E-state index in [-0.39, 0.29) is 12.3 Å². The molecule has 1 N–H and O–H groups in total. The van der Waals surface area contributed by atoms with Gasteiger partial charge in [-0.25, -0.2) is 0 Å². The van der Waals surface area contributed by atoms with Crippen molar-refractivity contribution in [3.05, 3.63) is 53.6 Å². The number of piperazine rings is 1. The Hall–Kier alpha value is -3.25. The van der Waals surface area contributed by atoms with E-state index < -0.39 is 29.1 Å². The van der Waals surface area contributed by atoms with Gasteiger partial charge in [-0.1, -0.05) is 27.2 Å². The van der Waals surface area contributed by atoms with Gasteiger partial charge in [0.15, 0.2) is 0 Å². The highest BCUT2D eigenvalue weighted by molar-refractivity contribution is 5.92. The first-order valence-electron chi connectivity index (χ1n) is 13.2. The minimum atomic E-state index is -4.69. The SMILES string of the molecule is CCC(C)CCCN1CCN(c2ccc(OCC(C)C(=O)Nc3ccc(C#N)c(C(F)(F)F)c3)cc2)CC1. The molecule has 0 radical (unpaired) electrons. The number of ether oxygens (including phenoxy) is 1. The molecule has 0 spiro atoms. The Labute approximate surface area is 223 Å². The maximum absolute atomic E-state index is 13.2. The standard InChI is InChI=1S/C29H37F3N4O2/c1-4-21(2)6-5-13-35-14-16-36(17-15-35)25-9-11-26(12-10-25)38-20-22(3)28(37)34-24-8-7-23(19-33)27(18-24)29(30,31)32/h7-12,18,21-22H,4-6,13-17,20H2,1-3H3,(H,34,37). The molecule has 38 heavy (non-hydrogen) atoms. The van der Waals surface area contributed by atoms with Gasteiger partial charge >= 0.3 is 6.18 Å². The summed E-state index contributed by atoms with van der Waals surface area (Å²) in [5.41, 5.74) is -0.462. The molecule has 1 aliphatic heterocycles. The van der Waals surface area contributed by atoms with E-state index in [4.69, 9.17) is 10.00 Å². The number of benzene rings is 2. The zero-order chi connectivity index (χ0) is 27.7. The molecule has 0 saturated carbocycles. The zero-order valence-electron chi connectivity index (χ0n) is 22.4. The van der Waals surface area contributed by atoms with E-state index in [1.165, 1.54) is 31.4 Å². The third-order valence-corrected chi connectivity index (χ3v) is 7.10. The summed E-state index contributed by atoms with van der Waals surface area (Å²) < 4.78 is 45.3. The molecule has 3 rings (SSSR count). The van der Waals surface area contributed by atoms with E-state index in [1.54, 1.807) is 6.92 Å². The summed E-state index contributed by atoms with van der Waals surface area (Å²) in [5.74, 6) is 0.341. The van der Waals surface area contributed by atoms with Crippen LogP contribution in [0.4, 0.5) is 24.5 Å². The molecule has 1 amide bonds. The number of hydrogen-bond donors (Lipinski definition) is 1. The zero-order valence-corrected chi connectivity index (χ0v) is 22.4. The van der Waals surface area contributed by atoms with Crippen molar-refractivity contribution in [2.24, 2.45) is 11.8 Å². The van der Waals surface area contributed by atoms with Crippen LogP contribution in [-0.4, -0.2) is 50.1 Å². The van der Waals surface area contributed by atoms with Crippen molar-refractivity contribution in [2.45, 2.75) is 46.2 Å². The number of halogens is 3. The van der Waals surface area contributed by atoms with Crippen LogP contribution in [-0.2, 0) is 11.0 Å². The minimum Gasteiger partial charge on any atom is -0.493 e. The number of alkyl halides is 3. The number of rotatable bonds is 11. The average molecular weight is 531 g/mol. The van der Waals surface area contributed by atoms with Crippen LogP contribution >= 0.6 is 0 Å². The normalized spacial score (nSPS) is 16.0. The maximum atomic E-state index is 13.2. The van der Waals surface area contributed by atoms with Crippen LogP contribution in [0.2, 0.25) is 0 Å². The molecule has 206 valence electrons. The molecule has 2 aromatic rings. The Morgan fingerprint density at radius 1 is 1.11 bits per heavy atom. The van der Waals surface area contributed by atoms with Gasteiger partial charge in [0.05, 0.1) is 29.7 Å². The van der Waals surface area contributed by atoms with Crippen LogP contribution in [0.1, 0.15) is 51.2 Å². The average Bonchev–Trinajstić information content (AvgIpc) is 2.91. The highest BCUT2D eigenvalue weighted by Gasteiger charge is 2.34. The van der Waals surface area contributed by atoms with Crippen molar-refractivity contribution in [1.82, 2.24) is 4.90 Å². The van der Waals surface area contributed by atoms with Crippen molar-refractivity contribution in [3.63, 3.8) is 0 Å². The Kier molecular flexibility index (Phi) is 10.4. The molecule has 1 heterocycles. The lowest BCUT2D eigenvalue weighted by Crippen LogP contribution is -2.46. The lowest BCUT2D eigenvalue weighted by molar-refractivity contribution is -0.137. The quantitative estimate of drug-likeness (QED) is 0.376. The maximum Gasteiger partial charge on any atom is 0.417 e. The topological polar surface area (TPSA) is 68.6 Å². The van der Waals surface area contributed by atoms with Gasteiger partial charge in [0.25, 0.3) is 0 Å². The predicted octanol–water partition coefficient (Wildman–Crippen LogP) is 6.18. The van der Waals surface area contributed by atoms with E-state index in [0.29, 0.717) is 5.75 Å². The van der Waals surface area contributed by atoms with Crippen LogP contribution < -0.4 is 15.0 Å². The number of anilines is 2. The molecule has 6 nitrogen and oxygen atoms in total. The Morgan fingerprint density at radius 2 is 1.79 bits per heavy atom. The van der Waals surface area contributed by atoms with Crippen LogP contribution in [0.15, 0.2) is 42.5 Å². The monoisotopic (exact) mass is 530 g/mol. The van der Waals surface area contributed by atoms with Crippen molar-refractivity contribution in [1.29, 1.82) is 5.26 Å². The van der Waals surface area contributed by atoms with Crippen LogP contribution in [0, 0.1) is 23.2 Å². The minimum absolute atomic E-state index is 0.0202. The lowest BCUT2D eigenvalue weighted by atomic mass is 10.0. The molecule has 0 aliphatic carbocycles. The molecule has 2 aromatic carbocycles. The first-order valence-corrected chi connectivity index (χ1v) is 13.2. The Bertz CT molecular complexity index is 1090. The van der Waals surface area contributed by atoms with Gasteiger partial charge in [0.2, 0.25) is 5.91 Å². The number of hydrogen-bond acceptors (Lipinski definition) is 5. The fourth-order valence-corrected chi connectivity index (χ4v) is 4.37. The molecule has 0 aromatic heterocycles. The summed E-state index contributed by atoms with van der Waals surface area (Å²) in [6, 6.07) is 12.4. The van der Waals surface area contributed by atoms with Crippen molar-refractivity contribution < 1.29 is 22.7 Å². The smallest absolute Gasteiger partial charge is 0.417 e. The number of carbonyl (C=O) groups is 1. The highest BCUT2D eigenvalue weighted by Crippen LogP contribution is 2.33. The van der Waals surface area contributed by atoms with Crippen molar-refractivity contribution in [3.8, 4) is 11.8 Å². The second kappa shape index (κ2) is 13.5. The van der Waals surface area contributed by atoms with Gasteiger partial charge in [0, 0.05) is 37.6 Å². The van der Waals surface area contributed by atoms with E-state index >= 15 is 0 Å². The summed E-state index contributed by atoms with van der Waals surface area (Å²) in [7, 11) is 0.